The fourth-order valence-electron chi connectivity index (χ4n) is 7.07. The molecule has 4 aromatic rings. The number of benzene rings is 2. The van der Waals surface area contributed by atoms with Crippen LogP contribution in [-0.2, 0) is 36.1 Å². The number of aromatic nitrogens is 5. The summed E-state index contributed by atoms with van der Waals surface area (Å²) in [7, 11) is 4.55. The summed E-state index contributed by atoms with van der Waals surface area (Å²) in [6, 6.07) is 6.19. The second kappa shape index (κ2) is 11.2. The molecule has 48 heavy (non-hydrogen) atoms. The highest BCUT2D eigenvalue weighted by molar-refractivity contribution is 6.23. The maximum atomic E-state index is 14.6. The zero-order valence-corrected chi connectivity index (χ0v) is 26.4. The Morgan fingerprint density at radius 1 is 1.02 bits per heavy atom. The molecule has 0 bridgehead atoms. The zero-order valence-electron chi connectivity index (χ0n) is 26.4. The van der Waals surface area contributed by atoms with Crippen molar-refractivity contribution in [2.45, 2.75) is 44.8 Å². The Bertz CT molecular complexity index is 2390. The largest absolute Gasteiger partial charge is 0.505 e. The van der Waals surface area contributed by atoms with Crippen LogP contribution in [0.25, 0.3) is 11.0 Å². The van der Waals surface area contributed by atoms with E-state index in [9.17, 15) is 33.5 Å². The number of methoxy groups -OCH3 is 2. The van der Waals surface area contributed by atoms with Gasteiger partial charge in [-0.05, 0) is 36.3 Å². The van der Waals surface area contributed by atoms with E-state index in [1.165, 1.54) is 53.3 Å². The zero-order chi connectivity index (χ0) is 34.2. The third-order valence-electron chi connectivity index (χ3n) is 9.43. The minimum absolute atomic E-state index is 0.0266. The van der Waals surface area contributed by atoms with E-state index in [-0.39, 0.29) is 54.1 Å². The molecule has 14 heteroatoms. The number of nitrogens with zero attached hydrogens (tertiary/aromatic N) is 5. The molecule has 2 aromatic heterocycles. The Balaban J connectivity index is 1.29. The molecule has 2 aliphatic carbocycles. The van der Waals surface area contributed by atoms with Gasteiger partial charge in [-0.2, -0.15) is 0 Å². The van der Waals surface area contributed by atoms with Gasteiger partial charge >= 0.3 is 11.4 Å². The van der Waals surface area contributed by atoms with E-state index in [1.807, 2.05) is 0 Å². The van der Waals surface area contributed by atoms with E-state index in [2.05, 4.69) is 4.98 Å². The SMILES string of the molecule is COc1cc2nc(CCn3c(=O)n4n(c3=O)[C@@H]3CC5=C(C(=O)C=C(C)C5=O)[C@@H](c5ccc(O)c(F)c5)C3=CC4)c(=O)n(C)c2cc1OC. The molecular weight excluding hydrogens is 625 g/mol. The van der Waals surface area contributed by atoms with Crippen molar-refractivity contribution in [1.29, 1.82) is 0 Å². The number of halogens is 1. The summed E-state index contributed by atoms with van der Waals surface area (Å²) < 4.78 is 30.3. The van der Waals surface area contributed by atoms with Crippen molar-refractivity contribution >= 4 is 22.6 Å². The maximum Gasteiger partial charge on any atom is 0.347 e. The number of allylic oxidation sites excluding steroid dienone is 6. The molecular formula is C34H30FN5O8. The molecule has 2 aromatic carbocycles. The molecule has 1 N–H and O–H groups in total. The normalized spacial score (nSPS) is 18.7. The predicted molar refractivity (Wildman–Crippen MR) is 170 cm³/mol. The molecule has 0 fully saturated rings. The molecule has 3 aliphatic rings. The van der Waals surface area contributed by atoms with Crippen LogP contribution >= 0.6 is 0 Å². The lowest BCUT2D eigenvalue weighted by Crippen LogP contribution is -2.40. The number of phenolic OH excluding ortho intramolecular Hbond substituents is 1. The Kier molecular flexibility index (Phi) is 7.18. The summed E-state index contributed by atoms with van der Waals surface area (Å²) in [6.45, 7) is 1.34. The molecule has 0 saturated carbocycles. The first-order valence-electron chi connectivity index (χ1n) is 15.2. The smallest absolute Gasteiger partial charge is 0.347 e. The van der Waals surface area contributed by atoms with E-state index in [0.717, 1.165) is 10.6 Å². The van der Waals surface area contributed by atoms with Gasteiger partial charge in [0.15, 0.2) is 34.6 Å². The molecule has 7 rings (SSSR count). The molecule has 2 atom stereocenters. The summed E-state index contributed by atoms with van der Waals surface area (Å²) in [4.78, 5) is 72.2. The number of ether oxygens (including phenoxy) is 2. The number of aromatic hydroxyl groups is 1. The van der Waals surface area contributed by atoms with Crippen molar-refractivity contribution in [3.05, 3.63) is 113 Å². The number of aryl methyl sites for hydroxylation is 2. The number of hydrogen-bond acceptors (Lipinski definition) is 9. The van der Waals surface area contributed by atoms with Gasteiger partial charge in [0.2, 0.25) is 0 Å². The summed E-state index contributed by atoms with van der Waals surface area (Å²) >= 11 is 0. The van der Waals surface area contributed by atoms with E-state index in [1.54, 1.807) is 25.3 Å². The molecule has 0 radical (unpaired) electrons. The van der Waals surface area contributed by atoms with Crippen molar-refractivity contribution in [2.75, 3.05) is 14.2 Å². The van der Waals surface area contributed by atoms with Crippen molar-refractivity contribution in [3.63, 3.8) is 0 Å². The fraction of sp³-hybridized carbons (Fsp3) is 0.294. The van der Waals surface area contributed by atoms with Crippen molar-refractivity contribution in [3.8, 4) is 17.2 Å². The Labute approximate surface area is 271 Å². The highest BCUT2D eigenvalue weighted by atomic mass is 19.1. The quantitative estimate of drug-likeness (QED) is 0.243. The lowest BCUT2D eigenvalue weighted by Gasteiger charge is -2.39. The number of Topliss-reactive ketones (excluding diaryl/α,β-unsaturated/α-hetero) is 1. The van der Waals surface area contributed by atoms with Crippen molar-refractivity contribution in [1.82, 2.24) is 23.5 Å². The van der Waals surface area contributed by atoms with Gasteiger partial charge < -0.3 is 19.1 Å². The molecule has 3 heterocycles. The van der Waals surface area contributed by atoms with Gasteiger partial charge in [-0.25, -0.2) is 32.9 Å². The number of hydrogen-bond donors (Lipinski definition) is 1. The van der Waals surface area contributed by atoms with E-state index < -0.39 is 46.2 Å². The molecule has 0 amide bonds. The van der Waals surface area contributed by atoms with Gasteiger partial charge in [-0.1, -0.05) is 12.1 Å². The third kappa shape index (κ3) is 4.50. The number of rotatable bonds is 6. The van der Waals surface area contributed by atoms with Crippen LogP contribution in [0.1, 0.15) is 36.6 Å². The van der Waals surface area contributed by atoms with E-state index >= 15 is 0 Å². The minimum atomic E-state index is -0.902. The monoisotopic (exact) mass is 655 g/mol. The lowest BCUT2D eigenvalue weighted by atomic mass is 9.68. The highest BCUT2D eigenvalue weighted by Crippen LogP contribution is 2.49. The molecule has 0 unspecified atom stereocenters. The van der Waals surface area contributed by atoms with Crippen LogP contribution < -0.4 is 26.4 Å². The van der Waals surface area contributed by atoms with Gasteiger partial charge in [0, 0.05) is 61.2 Å². The lowest BCUT2D eigenvalue weighted by molar-refractivity contribution is -0.116. The van der Waals surface area contributed by atoms with Crippen LogP contribution in [0.15, 0.2) is 79.2 Å². The molecule has 13 nitrogen and oxygen atoms in total. The first kappa shape index (κ1) is 30.8. The Morgan fingerprint density at radius 2 is 1.75 bits per heavy atom. The van der Waals surface area contributed by atoms with Gasteiger partial charge in [-0.3, -0.25) is 14.4 Å². The number of ketones is 2. The Hall–Kier alpha value is -5.79. The summed E-state index contributed by atoms with van der Waals surface area (Å²) in [6.07, 6.45) is 2.91. The van der Waals surface area contributed by atoms with Crippen LogP contribution in [0.3, 0.4) is 0 Å². The summed E-state index contributed by atoms with van der Waals surface area (Å²) in [5, 5.41) is 9.84. The second-order valence-corrected chi connectivity index (χ2v) is 12.0. The maximum absolute atomic E-state index is 14.6. The number of carbonyl (C=O) groups excluding carboxylic acids is 2. The third-order valence-corrected chi connectivity index (χ3v) is 9.43. The van der Waals surface area contributed by atoms with Gasteiger partial charge in [0.25, 0.3) is 5.56 Å². The van der Waals surface area contributed by atoms with Crippen LogP contribution in [0.4, 0.5) is 4.39 Å². The predicted octanol–water partition coefficient (Wildman–Crippen LogP) is 2.23. The van der Waals surface area contributed by atoms with Crippen LogP contribution in [-0.4, -0.2) is 54.4 Å². The van der Waals surface area contributed by atoms with E-state index in [0.29, 0.717) is 33.7 Å². The van der Waals surface area contributed by atoms with Gasteiger partial charge in [0.05, 0.1) is 37.8 Å². The summed E-state index contributed by atoms with van der Waals surface area (Å²) in [5.41, 5.74) is 0.896. The summed E-state index contributed by atoms with van der Waals surface area (Å²) in [5.74, 6) is -2.29. The first-order chi connectivity index (χ1) is 22.9. The highest BCUT2D eigenvalue weighted by Gasteiger charge is 2.44. The van der Waals surface area contributed by atoms with Crippen molar-refractivity contribution < 1.29 is 28.6 Å². The van der Waals surface area contributed by atoms with E-state index in [4.69, 9.17) is 9.47 Å². The molecule has 0 spiro atoms. The standard InChI is InChI=1S/C34H30FN5O8/c1-16-11-26(42)30-19(31(16)43)13-23-18(29(30)17-5-6-25(41)20(35)12-17)7-10-39-33(45)38(34(46)40(23)39)9-8-21-32(44)37(2)24-15-28(48-4)27(47-3)14-22(24)36-21/h5-7,11-12,14-15,23,29,41H,8-10,13H2,1-4H3/t23-,29+/m1/s1. The average Bonchev–Trinajstić information content (AvgIpc) is 3.32. The first-order valence-corrected chi connectivity index (χ1v) is 15.2. The number of phenols is 1. The number of fused-ring (bicyclic) bond motifs is 4. The topological polar surface area (TPSA) is 157 Å². The van der Waals surface area contributed by atoms with Crippen LogP contribution in [0, 0.1) is 5.82 Å². The Morgan fingerprint density at radius 3 is 2.46 bits per heavy atom. The van der Waals surface area contributed by atoms with Gasteiger partial charge in [-0.15, -0.1) is 0 Å². The second-order valence-electron chi connectivity index (χ2n) is 12.0. The average molecular weight is 656 g/mol. The van der Waals surface area contributed by atoms with Crippen LogP contribution in [0.5, 0.6) is 17.2 Å². The number of carbonyl (C=O) groups is 2. The molecule has 1 aliphatic heterocycles. The van der Waals surface area contributed by atoms with Gasteiger partial charge in [0.1, 0.15) is 5.69 Å². The minimum Gasteiger partial charge on any atom is -0.505 e. The van der Waals surface area contributed by atoms with Crippen molar-refractivity contribution in [2.24, 2.45) is 7.05 Å². The molecule has 246 valence electrons. The fourth-order valence-corrected chi connectivity index (χ4v) is 7.07. The molecule has 0 saturated heterocycles. The van der Waals surface area contributed by atoms with Crippen LogP contribution in [0.2, 0.25) is 0 Å².